The summed E-state index contributed by atoms with van der Waals surface area (Å²) < 4.78 is 4.85. The van der Waals surface area contributed by atoms with Crippen molar-refractivity contribution in [2.45, 2.75) is 31.2 Å². The molecular formula is C18H17ClN4O5. The van der Waals surface area contributed by atoms with Crippen LogP contribution in [-0.4, -0.2) is 47.4 Å². The minimum Gasteiger partial charge on any atom is -0.454 e. The fourth-order valence-corrected chi connectivity index (χ4v) is 3.56. The number of rotatable bonds is 5. The van der Waals surface area contributed by atoms with Crippen LogP contribution in [0.1, 0.15) is 31.2 Å². The van der Waals surface area contributed by atoms with E-state index in [0.717, 1.165) is 17.7 Å². The van der Waals surface area contributed by atoms with Gasteiger partial charge < -0.3 is 15.4 Å². The van der Waals surface area contributed by atoms with Gasteiger partial charge in [0.15, 0.2) is 6.61 Å². The molecule has 28 heavy (non-hydrogen) atoms. The molecule has 1 aliphatic carbocycles. The molecule has 146 valence electrons. The molecule has 1 aromatic carbocycles. The minimum absolute atomic E-state index is 0.177. The number of carbonyl (C=O) groups is 4. The zero-order chi connectivity index (χ0) is 20.3. The number of nitriles is 1. The summed E-state index contributed by atoms with van der Waals surface area (Å²) in [6.45, 7) is -1.15. The van der Waals surface area contributed by atoms with Crippen molar-refractivity contribution in [1.29, 1.82) is 5.26 Å². The van der Waals surface area contributed by atoms with Crippen LogP contribution in [0.15, 0.2) is 18.2 Å². The van der Waals surface area contributed by atoms with Crippen LogP contribution in [0.5, 0.6) is 0 Å². The number of nitrogens with zero attached hydrogens (tertiary/aromatic N) is 2. The highest BCUT2D eigenvalue weighted by molar-refractivity contribution is 6.32. The number of urea groups is 1. The van der Waals surface area contributed by atoms with Crippen molar-refractivity contribution in [2.24, 2.45) is 0 Å². The van der Waals surface area contributed by atoms with Crippen molar-refractivity contribution in [3.8, 4) is 6.07 Å². The highest BCUT2D eigenvalue weighted by Gasteiger charge is 2.52. The number of esters is 1. The Morgan fingerprint density at radius 1 is 1.32 bits per heavy atom. The lowest BCUT2D eigenvalue weighted by atomic mass is 9.98. The summed E-state index contributed by atoms with van der Waals surface area (Å²) in [5.74, 6) is -1.92. The Kier molecular flexibility index (Phi) is 5.51. The van der Waals surface area contributed by atoms with E-state index >= 15 is 0 Å². The topological polar surface area (TPSA) is 129 Å². The molecule has 0 unspecified atom stereocenters. The van der Waals surface area contributed by atoms with E-state index in [1.165, 1.54) is 18.2 Å². The maximum Gasteiger partial charge on any atom is 0.326 e. The second kappa shape index (κ2) is 7.86. The summed E-state index contributed by atoms with van der Waals surface area (Å²) in [6, 6.07) is 5.60. The fraction of sp³-hybridized carbons (Fsp3) is 0.389. The van der Waals surface area contributed by atoms with Crippen LogP contribution in [0.4, 0.5) is 10.5 Å². The number of nitrogens with one attached hydrogen (secondary N) is 2. The molecule has 0 aromatic heterocycles. The molecule has 0 bridgehead atoms. The number of amides is 4. The van der Waals surface area contributed by atoms with E-state index in [0.29, 0.717) is 18.5 Å². The highest BCUT2D eigenvalue weighted by Crippen LogP contribution is 2.34. The second-order valence-corrected chi connectivity index (χ2v) is 7.03. The van der Waals surface area contributed by atoms with Gasteiger partial charge in [0.1, 0.15) is 18.2 Å². The average Bonchev–Trinajstić information content (AvgIpc) is 3.21. The molecular weight excluding hydrogens is 388 g/mol. The third-order valence-electron chi connectivity index (χ3n) is 4.73. The molecule has 1 aromatic rings. The molecule has 2 aliphatic rings. The van der Waals surface area contributed by atoms with Gasteiger partial charge in [-0.05, 0) is 31.0 Å². The third kappa shape index (κ3) is 3.92. The van der Waals surface area contributed by atoms with Crippen molar-refractivity contribution in [1.82, 2.24) is 10.2 Å². The number of hydrogen-bond acceptors (Lipinski definition) is 6. The smallest absolute Gasteiger partial charge is 0.326 e. The van der Waals surface area contributed by atoms with Gasteiger partial charge in [-0.15, -0.1) is 0 Å². The lowest BCUT2D eigenvalue weighted by molar-refractivity contribution is -0.150. The summed E-state index contributed by atoms with van der Waals surface area (Å²) >= 11 is 5.88. The number of anilines is 1. The van der Waals surface area contributed by atoms with Crippen molar-refractivity contribution < 1.29 is 23.9 Å². The van der Waals surface area contributed by atoms with E-state index in [1.807, 2.05) is 6.07 Å². The van der Waals surface area contributed by atoms with E-state index < -0.39 is 42.5 Å². The van der Waals surface area contributed by atoms with Gasteiger partial charge in [-0.25, -0.2) is 4.79 Å². The highest BCUT2D eigenvalue weighted by atomic mass is 35.5. The normalized spacial score (nSPS) is 17.4. The van der Waals surface area contributed by atoms with Gasteiger partial charge in [0, 0.05) is 5.69 Å². The van der Waals surface area contributed by atoms with E-state index in [1.54, 1.807) is 0 Å². The van der Waals surface area contributed by atoms with Gasteiger partial charge in [0.2, 0.25) is 0 Å². The molecule has 9 nitrogen and oxygen atoms in total. The van der Waals surface area contributed by atoms with E-state index in [4.69, 9.17) is 21.6 Å². The van der Waals surface area contributed by atoms with E-state index in [2.05, 4.69) is 10.6 Å². The number of carbonyl (C=O) groups excluding carboxylic acids is 4. The van der Waals surface area contributed by atoms with Gasteiger partial charge in [-0.2, -0.15) is 5.26 Å². The summed E-state index contributed by atoms with van der Waals surface area (Å²) in [5, 5.41) is 14.1. The van der Waals surface area contributed by atoms with Gasteiger partial charge in [0.25, 0.3) is 11.8 Å². The standard InChI is InChI=1S/C18H17ClN4O5/c19-13-7-12(4-3-11(13)8-20)21-14(24)10-28-15(25)9-23-16(26)18(22-17(23)27)5-1-2-6-18/h3-4,7H,1-2,5-6,9-10H2,(H,21,24)(H,22,27). The lowest BCUT2D eigenvalue weighted by Gasteiger charge is -2.19. The molecule has 3 rings (SSSR count). The van der Waals surface area contributed by atoms with Crippen molar-refractivity contribution in [2.75, 3.05) is 18.5 Å². The van der Waals surface area contributed by atoms with Gasteiger partial charge in [-0.1, -0.05) is 24.4 Å². The first kappa shape index (κ1) is 19.6. The number of imide groups is 1. The van der Waals surface area contributed by atoms with Crippen molar-refractivity contribution >= 4 is 41.1 Å². The Hall–Kier alpha value is -3.12. The van der Waals surface area contributed by atoms with Gasteiger partial charge in [-0.3, -0.25) is 19.3 Å². The SMILES string of the molecule is N#Cc1ccc(NC(=O)COC(=O)CN2C(=O)NC3(CCCC3)C2=O)cc1Cl. The maximum atomic E-state index is 12.5. The van der Waals surface area contributed by atoms with E-state index in [-0.39, 0.29) is 10.6 Å². The molecule has 2 fully saturated rings. The van der Waals surface area contributed by atoms with Crippen molar-refractivity contribution in [3.05, 3.63) is 28.8 Å². The quantitative estimate of drug-likeness (QED) is 0.566. The fourth-order valence-electron chi connectivity index (χ4n) is 3.34. The molecule has 0 atom stereocenters. The molecule has 4 amide bonds. The number of benzene rings is 1. The Morgan fingerprint density at radius 3 is 2.68 bits per heavy atom. The molecule has 1 heterocycles. The molecule has 2 N–H and O–H groups in total. The summed E-state index contributed by atoms with van der Waals surface area (Å²) in [4.78, 5) is 49.2. The summed E-state index contributed by atoms with van der Waals surface area (Å²) in [5.41, 5.74) is -0.300. The van der Waals surface area contributed by atoms with E-state index in [9.17, 15) is 19.2 Å². The van der Waals surface area contributed by atoms with Crippen LogP contribution in [0.2, 0.25) is 5.02 Å². The lowest BCUT2D eigenvalue weighted by Crippen LogP contribution is -2.44. The minimum atomic E-state index is -0.899. The zero-order valence-electron chi connectivity index (χ0n) is 14.8. The first-order valence-corrected chi connectivity index (χ1v) is 9.02. The van der Waals surface area contributed by atoms with Crippen LogP contribution in [0.25, 0.3) is 0 Å². The average molecular weight is 405 g/mol. The Labute approximate surface area is 165 Å². The van der Waals surface area contributed by atoms with Crippen LogP contribution in [-0.2, 0) is 19.1 Å². The molecule has 1 aliphatic heterocycles. The van der Waals surface area contributed by atoms with Crippen LogP contribution in [0.3, 0.4) is 0 Å². The van der Waals surface area contributed by atoms with Crippen molar-refractivity contribution in [3.63, 3.8) is 0 Å². The van der Waals surface area contributed by atoms with Crippen LogP contribution < -0.4 is 10.6 Å². The third-order valence-corrected chi connectivity index (χ3v) is 5.04. The Morgan fingerprint density at radius 2 is 2.04 bits per heavy atom. The molecule has 1 saturated carbocycles. The predicted molar refractivity (Wildman–Crippen MR) is 97.2 cm³/mol. The Bertz CT molecular complexity index is 888. The molecule has 1 spiro atoms. The van der Waals surface area contributed by atoms with Crippen LogP contribution >= 0.6 is 11.6 Å². The summed E-state index contributed by atoms with van der Waals surface area (Å²) in [6.07, 6.45) is 2.78. The van der Waals surface area contributed by atoms with Crippen LogP contribution in [0, 0.1) is 11.3 Å². The van der Waals surface area contributed by atoms with Gasteiger partial charge in [0.05, 0.1) is 10.6 Å². The largest absolute Gasteiger partial charge is 0.454 e. The van der Waals surface area contributed by atoms with Gasteiger partial charge >= 0.3 is 12.0 Å². The Balaban J connectivity index is 1.50. The number of hydrogen-bond donors (Lipinski definition) is 2. The number of ether oxygens (including phenoxy) is 1. The molecule has 1 saturated heterocycles. The molecule has 0 radical (unpaired) electrons. The predicted octanol–water partition coefficient (Wildman–Crippen LogP) is 1.56. The zero-order valence-corrected chi connectivity index (χ0v) is 15.5. The number of halogens is 1. The monoisotopic (exact) mass is 404 g/mol. The maximum absolute atomic E-state index is 12.5. The molecule has 10 heteroatoms. The first-order valence-electron chi connectivity index (χ1n) is 8.64. The first-order chi connectivity index (χ1) is 13.3. The second-order valence-electron chi connectivity index (χ2n) is 6.63. The summed E-state index contributed by atoms with van der Waals surface area (Å²) in [7, 11) is 0.